The average Bonchev–Trinajstić information content (AvgIpc) is 2.63. The lowest BCUT2D eigenvalue weighted by Gasteiger charge is -1.92. The lowest BCUT2D eigenvalue weighted by atomic mass is 10.3. The standard InChI is InChI=1S/C8H6O2/c1-10-6-4-2-3-5-7(6)8(5)9/h2-4H,1H3. The second-order valence-electron chi connectivity index (χ2n) is 2.21. The number of benzene rings is 1. The third kappa shape index (κ3) is 0.506. The first kappa shape index (κ1) is 5.47. The summed E-state index contributed by atoms with van der Waals surface area (Å²) in [7, 11) is 1.57. The fourth-order valence-corrected chi connectivity index (χ4v) is 1.07. The van der Waals surface area contributed by atoms with E-state index in [1.807, 2.05) is 6.07 Å². The summed E-state index contributed by atoms with van der Waals surface area (Å²) in [4.78, 5) is 10.8. The van der Waals surface area contributed by atoms with Gasteiger partial charge in [-0.05, 0) is 6.07 Å². The molecule has 0 aliphatic heterocycles. The predicted octanol–water partition coefficient (Wildman–Crippen LogP) is 1.08. The van der Waals surface area contributed by atoms with Gasteiger partial charge in [-0.1, -0.05) is 12.1 Å². The summed E-state index contributed by atoms with van der Waals surface area (Å²) in [5.41, 5.74) is 0.127. The SMILES string of the molecule is COc1cccc2c(=O)c12. The Balaban J connectivity index is 2.76. The van der Waals surface area contributed by atoms with E-state index in [4.69, 9.17) is 4.74 Å². The first-order valence-electron chi connectivity index (χ1n) is 3.06. The Kier molecular flexibility index (Phi) is 0.873. The Hall–Kier alpha value is -1.31. The van der Waals surface area contributed by atoms with Gasteiger partial charge in [0.1, 0.15) is 5.75 Å². The molecule has 0 radical (unpaired) electrons. The van der Waals surface area contributed by atoms with Crippen LogP contribution in [0.4, 0.5) is 0 Å². The second-order valence-corrected chi connectivity index (χ2v) is 2.21. The van der Waals surface area contributed by atoms with E-state index >= 15 is 0 Å². The molecule has 0 aliphatic carbocycles. The molecule has 0 atom stereocenters. The van der Waals surface area contributed by atoms with E-state index in [9.17, 15) is 4.79 Å². The van der Waals surface area contributed by atoms with Gasteiger partial charge >= 0.3 is 0 Å². The predicted molar refractivity (Wildman–Crippen MR) is 39.1 cm³/mol. The summed E-state index contributed by atoms with van der Waals surface area (Å²) in [6, 6.07) is 5.42. The molecule has 2 rings (SSSR count). The van der Waals surface area contributed by atoms with Crippen molar-refractivity contribution in [2.75, 3.05) is 7.11 Å². The summed E-state index contributed by atoms with van der Waals surface area (Å²) in [5.74, 6) is 0.697. The summed E-state index contributed by atoms with van der Waals surface area (Å²) >= 11 is 0. The van der Waals surface area contributed by atoms with Gasteiger partial charge in [0.25, 0.3) is 0 Å². The summed E-state index contributed by atoms with van der Waals surface area (Å²) < 4.78 is 4.95. The molecule has 0 N–H and O–H groups in total. The molecule has 0 saturated carbocycles. The van der Waals surface area contributed by atoms with Gasteiger partial charge in [-0.2, -0.15) is 0 Å². The number of methoxy groups -OCH3 is 1. The van der Waals surface area contributed by atoms with Crippen LogP contribution in [0.1, 0.15) is 0 Å². The highest BCUT2D eigenvalue weighted by Crippen LogP contribution is 2.25. The Morgan fingerprint density at radius 1 is 1.40 bits per heavy atom. The minimum atomic E-state index is 0.127. The van der Waals surface area contributed by atoms with E-state index in [-0.39, 0.29) is 5.43 Å². The van der Waals surface area contributed by atoms with Gasteiger partial charge < -0.3 is 4.74 Å². The minimum Gasteiger partial charge on any atom is -0.496 e. The molecule has 0 fully saturated rings. The highest BCUT2D eigenvalue weighted by molar-refractivity contribution is 6.02. The molecule has 0 aromatic heterocycles. The van der Waals surface area contributed by atoms with E-state index < -0.39 is 0 Å². The van der Waals surface area contributed by atoms with E-state index in [1.165, 1.54) is 0 Å². The van der Waals surface area contributed by atoms with Crippen molar-refractivity contribution in [1.82, 2.24) is 0 Å². The molecule has 0 bridgehead atoms. The number of hydrogen-bond donors (Lipinski definition) is 0. The molecule has 2 heteroatoms. The zero-order valence-corrected chi connectivity index (χ0v) is 5.55. The van der Waals surface area contributed by atoms with E-state index in [0.717, 1.165) is 10.8 Å². The molecule has 0 unspecified atom stereocenters. The first-order chi connectivity index (χ1) is 4.84. The molecular formula is C8H6O2. The summed E-state index contributed by atoms with van der Waals surface area (Å²) in [6.45, 7) is 0. The van der Waals surface area contributed by atoms with Gasteiger partial charge in [-0.3, -0.25) is 4.79 Å². The molecule has 0 heterocycles. The molecule has 0 amide bonds. The van der Waals surface area contributed by atoms with E-state index in [1.54, 1.807) is 19.2 Å². The molecule has 0 saturated heterocycles. The van der Waals surface area contributed by atoms with Gasteiger partial charge in [0.15, 0.2) is 5.43 Å². The smallest absolute Gasteiger partial charge is 0.198 e. The van der Waals surface area contributed by atoms with Crippen LogP contribution in [0.2, 0.25) is 0 Å². The largest absolute Gasteiger partial charge is 0.496 e. The van der Waals surface area contributed by atoms with Crippen LogP contribution in [-0.2, 0) is 0 Å². The first-order valence-corrected chi connectivity index (χ1v) is 3.06. The van der Waals surface area contributed by atoms with Crippen molar-refractivity contribution in [3.63, 3.8) is 0 Å². The molecule has 2 aromatic rings. The maximum atomic E-state index is 10.8. The lowest BCUT2D eigenvalue weighted by Crippen LogP contribution is -1.79. The van der Waals surface area contributed by atoms with Gasteiger partial charge in [0, 0.05) is 5.39 Å². The Labute approximate surface area is 57.7 Å². The second kappa shape index (κ2) is 1.59. The van der Waals surface area contributed by atoms with Crippen molar-refractivity contribution < 1.29 is 4.74 Å². The van der Waals surface area contributed by atoms with Crippen molar-refractivity contribution in [1.29, 1.82) is 0 Å². The van der Waals surface area contributed by atoms with Crippen LogP contribution in [0, 0.1) is 0 Å². The maximum Gasteiger partial charge on any atom is 0.198 e. The molecule has 2 aromatic carbocycles. The number of rotatable bonds is 1. The third-order valence-corrected chi connectivity index (χ3v) is 1.66. The van der Waals surface area contributed by atoms with Crippen molar-refractivity contribution in [3.8, 4) is 5.75 Å². The number of hydrogen-bond acceptors (Lipinski definition) is 2. The van der Waals surface area contributed by atoms with Crippen LogP contribution in [0.3, 0.4) is 0 Å². The highest BCUT2D eigenvalue weighted by atomic mass is 16.5. The van der Waals surface area contributed by atoms with Gasteiger partial charge in [-0.25, -0.2) is 0 Å². The molecule has 2 nitrogen and oxygen atoms in total. The topological polar surface area (TPSA) is 26.3 Å². The molecule has 50 valence electrons. The maximum absolute atomic E-state index is 10.8. The minimum absolute atomic E-state index is 0.127. The van der Waals surface area contributed by atoms with Gasteiger partial charge in [-0.15, -0.1) is 0 Å². The number of fused-ring (bicyclic) bond motifs is 1. The van der Waals surface area contributed by atoms with Crippen LogP contribution < -0.4 is 10.2 Å². The summed E-state index contributed by atoms with van der Waals surface area (Å²) in [5, 5.41) is 1.56. The molecule has 0 aliphatic rings. The zero-order valence-electron chi connectivity index (χ0n) is 5.55. The van der Waals surface area contributed by atoms with E-state index in [0.29, 0.717) is 5.75 Å². The van der Waals surface area contributed by atoms with Gasteiger partial charge in [0.05, 0.1) is 12.5 Å². The highest BCUT2D eigenvalue weighted by Gasteiger charge is 2.15. The van der Waals surface area contributed by atoms with Crippen LogP contribution in [0.5, 0.6) is 5.75 Å². The molecular weight excluding hydrogens is 128 g/mol. The van der Waals surface area contributed by atoms with Crippen LogP contribution in [0.25, 0.3) is 10.8 Å². The van der Waals surface area contributed by atoms with Crippen molar-refractivity contribution in [2.24, 2.45) is 0 Å². The Morgan fingerprint density at radius 2 is 2.20 bits per heavy atom. The molecule has 10 heavy (non-hydrogen) atoms. The lowest BCUT2D eigenvalue weighted by molar-refractivity contribution is 0.420. The number of ether oxygens (including phenoxy) is 1. The fourth-order valence-electron chi connectivity index (χ4n) is 1.07. The van der Waals surface area contributed by atoms with Gasteiger partial charge in [0.2, 0.25) is 0 Å². The summed E-state index contributed by atoms with van der Waals surface area (Å²) in [6.07, 6.45) is 0. The zero-order chi connectivity index (χ0) is 7.14. The monoisotopic (exact) mass is 134 g/mol. The van der Waals surface area contributed by atoms with Crippen molar-refractivity contribution in [3.05, 3.63) is 28.4 Å². The van der Waals surface area contributed by atoms with Crippen molar-refractivity contribution in [2.45, 2.75) is 0 Å². The Bertz CT molecular complexity index is 380. The van der Waals surface area contributed by atoms with Crippen LogP contribution >= 0.6 is 0 Å². The molecule has 0 spiro atoms. The fraction of sp³-hybridized carbons (Fsp3) is 0.125. The van der Waals surface area contributed by atoms with Crippen molar-refractivity contribution >= 4 is 10.8 Å². The average molecular weight is 134 g/mol. The van der Waals surface area contributed by atoms with Crippen LogP contribution in [0.15, 0.2) is 23.0 Å². The van der Waals surface area contributed by atoms with Crippen LogP contribution in [-0.4, -0.2) is 7.11 Å². The van der Waals surface area contributed by atoms with E-state index in [2.05, 4.69) is 0 Å². The normalized spacial score (nSPS) is 10.9. The quantitative estimate of drug-likeness (QED) is 0.583. The third-order valence-electron chi connectivity index (χ3n) is 1.66. The Morgan fingerprint density at radius 3 is 2.80 bits per heavy atom.